The molecule has 0 unspecified atom stereocenters. The third-order valence-electron chi connectivity index (χ3n) is 2.48. The Morgan fingerprint density at radius 2 is 1.75 bits per heavy atom. The second kappa shape index (κ2) is 6.70. The highest BCUT2D eigenvalue weighted by Gasteiger charge is 2.08. The largest absolute Gasteiger partial charge is 0.463 e. The first kappa shape index (κ1) is 14.0. The Labute approximate surface area is 118 Å². The highest BCUT2D eigenvalue weighted by atomic mass is 16.5. The first-order chi connectivity index (χ1) is 9.71. The average Bonchev–Trinajstić information content (AvgIpc) is 2.47. The van der Waals surface area contributed by atoms with Gasteiger partial charge < -0.3 is 14.8 Å². The third kappa shape index (κ3) is 3.81. The quantitative estimate of drug-likeness (QED) is 0.873. The van der Waals surface area contributed by atoms with Gasteiger partial charge in [0.25, 0.3) is 0 Å². The Kier molecular flexibility index (Phi) is 4.70. The second-order valence-corrected chi connectivity index (χ2v) is 4.24. The van der Waals surface area contributed by atoms with Crippen molar-refractivity contribution in [2.45, 2.75) is 20.3 Å². The molecule has 0 radical (unpaired) electrons. The van der Waals surface area contributed by atoms with Gasteiger partial charge in [-0.3, -0.25) is 0 Å². The van der Waals surface area contributed by atoms with Gasteiger partial charge in [0.15, 0.2) is 0 Å². The Morgan fingerprint density at radius 3 is 2.40 bits per heavy atom. The highest BCUT2D eigenvalue weighted by molar-refractivity contribution is 5.31. The molecule has 2 rings (SSSR count). The maximum absolute atomic E-state index is 5.61. The lowest BCUT2D eigenvalue weighted by Crippen LogP contribution is -2.06. The Bertz CT molecular complexity index is 558. The van der Waals surface area contributed by atoms with E-state index in [-0.39, 0.29) is 12.0 Å². The summed E-state index contributed by atoms with van der Waals surface area (Å²) < 4.78 is 11.0. The van der Waals surface area contributed by atoms with Crippen LogP contribution in [-0.4, -0.2) is 28.6 Å². The molecular formula is C14H18N4O2. The van der Waals surface area contributed by atoms with Gasteiger partial charge in [-0.05, 0) is 25.5 Å². The van der Waals surface area contributed by atoms with E-state index < -0.39 is 0 Å². The fourth-order valence-electron chi connectivity index (χ4n) is 1.47. The van der Waals surface area contributed by atoms with Crippen LogP contribution in [0.2, 0.25) is 0 Å². The Morgan fingerprint density at radius 1 is 1.05 bits per heavy atom. The second-order valence-electron chi connectivity index (χ2n) is 4.24. The predicted molar refractivity (Wildman–Crippen MR) is 76.4 cm³/mol. The topological polar surface area (TPSA) is 69.2 Å². The van der Waals surface area contributed by atoms with Crippen LogP contribution in [0.15, 0.2) is 24.3 Å². The molecular weight excluding hydrogens is 256 g/mol. The van der Waals surface area contributed by atoms with Crippen molar-refractivity contribution in [1.29, 1.82) is 0 Å². The summed E-state index contributed by atoms with van der Waals surface area (Å²) in [7, 11) is 1.73. The van der Waals surface area contributed by atoms with Crippen LogP contribution in [0.5, 0.6) is 17.8 Å². The molecule has 0 bridgehead atoms. The molecule has 106 valence electrons. The molecule has 0 saturated heterocycles. The fraction of sp³-hybridized carbons (Fsp3) is 0.357. The van der Waals surface area contributed by atoms with E-state index in [0.29, 0.717) is 18.3 Å². The van der Waals surface area contributed by atoms with Crippen LogP contribution in [0.25, 0.3) is 0 Å². The van der Waals surface area contributed by atoms with Crippen LogP contribution >= 0.6 is 0 Å². The number of aryl methyl sites for hydroxylation is 1. The summed E-state index contributed by atoms with van der Waals surface area (Å²) in [6.45, 7) is 4.59. The number of nitrogens with zero attached hydrogens (tertiary/aromatic N) is 3. The summed E-state index contributed by atoms with van der Waals surface area (Å²) in [6.07, 6.45) is 0.884. The molecule has 0 spiro atoms. The van der Waals surface area contributed by atoms with Crippen molar-refractivity contribution in [2.24, 2.45) is 0 Å². The summed E-state index contributed by atoms with van der Waals surface area (Å²) in [6, 6.07) is 8.12. The number of hydrogen-bond acceptors (Lipinski definition) is 6. The number of anilines is 1. The van der Waals surface area contributed by atoms with Crippen molar-refractivity contribution in [3.05, 3.63) is 29.8 Å². The van der Waals surface area contributed by atoms with E-state index in [4.69, 9.17) is 9.47 Å². The normalized spacial score (nSPS) is 10.2. The zero-order valence-corrected chi connectivity index (χ0v) is 11.9. The number of ether oxygens (including phenoxy) is 2. The summed E-state index contributed by atoms with van der Waals surface area (Å²) in [5.74, 6) is 1.08. The monoisotopic (exact) mass is 274 g/mol. The van der Waals surface area contributed by atoms with Gasteiger partial charge in [-0.2, -0.15) is 9.97 Å². The molecule has 0 atom stereocenters. The van der Waals surface area contributed by atoms with E-state index in [2.05, 4.69) is 20.3 Å². The lowest BCUT2D eigenvalue weighted by atomic mass is 10.2. The SMILES string of the molecule is CCCOc1nc(NC)nc(Oc2ccc(C)cc2)n1. The van der Waals surface area contributed by atoms with E-state index in [1.165, 1.54) is 0 Å². The molecule has 6 heteroatoms. The van der Waals surface area contributed by atoms with Gasteiger partial charge in [-0.25, -0.2) is 0 Å². The molecule has 0 saturated carbocycles. The van der Waals surface area contributed by atoms with Crippen LogP contribution in [-0.2, 0) is 0 Å². The summed E-state index contributed by atoms with van der Waals surface area (Å²) in [5, 5.41) is 2.86. The van der Waals surface area contributed by atoms with E-state index >= 15 is 0 Å². The van der Waals surface area contributed by atoms with Crippen molar-refractivity contribution in [3.63, 3.8) is 0 Å². The number of nitrogens with one attached hydrogen (secondary N) is 1. The lowest BCUT2D eigenvalue weighted by Gasteiger charge is -2.08. The van der Waals surface area contributed by atoms with Gasteiger partial charge in [0, 0.05) is 7.05 Å². The fourth-order valence-corrected chi connectivity index (χ4v) is 1.47. The van der Waals surface area contributed by atoms with Crippen molar-refractivity contribution in [2.75, 3.05) is 19.0 Å². The molecule has 1 N–H and O–H groups in total. The zero-order valence-electron chi connectivity index (χ0n) is 11.9. The van der Waals surface area contributed by atoms with Crippen LogP contribution < -0.4 is 14.8 Å². The number of rotatable bonds is 6. The van der Waals surface area contributed by atoms with Crippen LogP contribution in [0.3, 0.4) is 0 Å². The van der Waals surface area contributed by atoms with Gasteiger partial charge in [0.1, 0.15) is 5.75 Å². The molecule has 0 aliphatic carbocycles. The van der Waals surface area contributed by atoms with Crippen molar-refractivity contribution in [1.82, 2.24) is 15.0 Å². The Balaban J connectivity index is 2.19. The maximum atomic E-state index is 5.61. The number of benzene rings is 1. The van der Waals surface area contributed by atoms with E-state index in [0.717, 1.165) is 12.0 Å². The predicted octanol–water partition coefficient (Wildman–Crippen LogP) is 2.80. The Hall–Kier alpha value is -2.37. The van der Waals surface area contributed by atoms with Crippen LogP contribution in [0, 0.1) is 6.92 Å². The van der Waals surface area contributed by atoms with Crippen molar-refractivity contribution >= 4 is 5.95 Å². The zero-order chi connectivity index (χ0) is 14.4. The average molecular weight is 274 g/mol. The molecule has 0 fully saturated rings. The standard InChI is InChI=1S/C14H18N4O2/c1-4-9-19-13-16-12(15-3)17-14(18-13)20-11-7-5-10(2)6-8-11/h5-8H,4,9H2,1-3H3,(H,15,16,17,18). The first-order valence-corrected chi connectivity index (χ1v) is 6.52. The van der Waals surface area contributed by atoms with E-state index in [9.17, 15) is 0 Å². The molecule has 1 heterocycles. The van der Waals surface area contributed by atoms with Gasteiger partial charge in [-0.15, -0.1) is 4.98 Å². The minimum atomic E-state index is 0.208. The van der Waals surface area contributed by atoms with Crippen molar-refractivity contribution in [3.8, 4) is 17.8 Å². The number of aromatic nitrogens is 3. The van der Waals surface area contributed by atoms with E-state index in [1.807, 2.05) is 38.1 Å². The van der Waals surface area contributed by atoms with Gasteiger partial charge in [-0.1, -0.05) is 24.6 Å². The summed E-state index contributed by atoms with van der Waals surface area (Å²) >= 11 is 0. The highest BCUT2D eigenvalue weighted by Crippen LogP contribution is 2.20. The lowest BCUT2D eigenvalue weighted by molar-refractivity contribution is 0.285. The molecule has 1 aromatic heterocycles. The minimum absolute atomic E-state index is 0.208. The van der Waals surface area contributed by atoms with Crippen LogP contribution in [0.1, 0.15) is 18.9 Å². The molecule has 0 aliphatic rings. The summed E-state index contributed by atoms with van der Waals surface area (Å²) in [4.78, 5) is 12.4. The smallest absolute Gasteiger partial charge is 0.330 e. The molecule has 2 aromatic rings. The van der Waals surface area contributed by atoms with Crippen LogP contribution in [0.4, 0.5) is 5.95 Å². The summed E-state index contributed by atoms with van der Waals surface area (Å²) in [5.41, 5.74) is 1.16. The van der Waals surface area contributed by atoms with Gasteiger partial charge >= 0.3 is 12.0 Å². The van der Waals surface area contributed by atoms with E-state index in [1.54, 1.807) is 7.05 Å². The van der Waals surface area contributed by atoms with Gasteiger partial charge in [0.05, 0.1) is 6.61 Å². The first-order valence-electron chi connectivity index (χ1n) is 6.52. The van der Waals surface area contributed by atoms with Gasteiger partial charge in [0.2, 0.25) is 5.95 Å². The molecule has 1 aromatic carbocycles. The number of hydrogen-bond donors (Lipinski definition) is 1. The minimum Gasteiger partial charge on any atom is -0.463 e. The molecule has 6 nitrogen and oxygen atoms in total. The maximum Gasteiger partial charge on any atom is 0.330 e. The van der Waals surface area contributed by atoms with Crippen molar-refractivity contribution < 1.29 is 9.47 Å². The molecule has 20 heavy (non-hydrogen) atoms. The third-order valence-corrected chi connectivity index (χ3v) is 2.48. The molecule has 0 amide bonds. The molecule has 0 aliphatic heterocycles.